The first kappa shape index (κ1) is 61.6. The first-order valence-electron chi connectivity index (χ1n) is 24.7. The van der Waals surface area contributed by atoms with Crippen molar-refractivity contribution in [2.75, 3.05) is 19.6 Å². The van der Waals surface area contributed by atoms with Crippen molar-refractivity contribution in [3.63, 3.8) is 0 Å². The van der Waals surface area contributed by atoms with Crippen LogP contribution in [0.5, 0.6) is 0 Å². The van der Waals surface area contributed by atoms with E-state index in [1.165, 1.54) is 60.7 Å². The van der Waals surface area contributed by atoms with Gasteiger partial charge in [0.25, 0.3) is 0 Å². The fourth-order valence-corrected chi connectivity index (χ4v) is 14.5. The van der Waals surface area contributed by atoms with Crippen LogP contribution in [-0.4, -0.2) is 91.9 Å². The lowest BCUT2D eigenvalue weighted by molar-refractivity contribution is -0.138. The minimum Gasteiger partial charge on any atom is -0.352 e. The Morgan fingerprint density at radius 3 is 1.79 bits per heavy atom. The Morgan fingerprint density at radius 1 is 0.650 bits per heavy atom. The molecule has 0 aliphatic carbocycles. The predicted molar refractivity (Wildman–Crippen MR) is 287 cm³/mol. The number of carbonyl (C=O) groups is 2. The number of sulfonamides is 4. The smallest absolute Gasteiger partial charge is 0.352 e. The van der Waals surface area contributed by atoms with Crippen LogP contribution in [0.15, 0.2) is 155 Å². The fourth-order valence-electron chi connectivity index (χ4n) is 9.24. The third kappa shape index (κ3) is 15.9. The summed E-state index contributed by atoms with van der Waals surface area (Å²) in [6.07, 6.45) is -7.31. The highest BCUT2D eigenvalue weighted by atomic mass is 35.5. The van der Waals surface area contributed by atoms with Gasteiger partial charge in [-0.1, -0.05) is 97.1 Å². The summed E-state index contributed by atoms with van der Waals surface area (Å²) < 4.78 is 194. The number of halogens is 7. The second kappa shape index (κ2) is 25.4. The molecule has 2 aliphatic rings. The van der Waals surface area contributed by atoms with Crippen molar-refractivity contribution in [3.8, 4) is 0 Å². The summed E-state index contributed by atoms with van der Waals surface area (Å²) >= 11 is 6.45. The zero-order valence-electron chi connectivity index (χ0n) is 42.3. The number of hydrogen-bond donors (Lipinski definition) is 4. The molecule has 2 amide bonds. The summed E-state index contributed by atoms with van der Waals surface area (Å²) in [7, 11) is -17.3. The SMILES string of the molecule is C=CS(=O)(=O)NC[C@H]1CCC(/C=C/S(=O)(=O)NC[C@H]2CCCN2S(=O)(=O)c2ccc(CC(=O)NCc3ccc(C(F)(F)F)cc3)c(Cl)c2)N1S(=O)(=O)c1ccc(C(Cc2ccccc2)C(=O)NCc2ccc(C(F)(F)F)cc2)cc1. The van der Waals surface area contributed by atoms with Crippen molar-refractivity contribution in [1.29, 1.82) is 0 Å². The van der Waals surface area contributed by atoms with Gasteiger partial charge in [-0.15, -0.1) is 0 Å². The molecule has 16 nitrogen and oxygen atoms in total. The van der Waals surface area contributed by atoms with Gasteiger partial charge in [-0.05, 0) is 108 Å². The molecule has 80 heavy (non-hydrogen) atoms. The van der Waals surface area contributed by atoms with Gasteiger partial charge in [-0.25, -0.2) is 43.1 Å². The summed E-state index contributed by atoms with van der Waals surface area (Å²) in [4.78, 5) is 26.0. The number of rotatable bonds is 23. The van der Waals surface area contributed by atoms with Crippen LogP contribution in [0.25, 0.3) is 0 Å². The van der Waals surface area contributed by atoms with Gasteiger partial charge in [0.15, 0.2) is 0 Å². The second-order valence-electron chi connectivity index (χ2n) is 19.0. The summed E-state index contributed by atoms with van der Waals surface area (Å²) in [5.74, 6) is -1.94. The van der Waals surface area contributed by atoms with E-state index in [1.54, 1.807) is 30.3 Å². The molecule has 0 saturated carbocycles. The minimum atomic E-state index is -4.57. The van der Waals surface area contributed by atoms with Gasteiger partial charge in [0.2, 0.25) is 51.9 Å². The average Bonchev–Trinajstić information content (AvgIpc) is 4.09. The molecule has 2 unspecified atom stereocenters. The van der Waals surface area contributed by atoms with Crippen LogP contribution < -0.4 is 20.1 Å². The Labute approximate surface area is 465 Å². The highest BCUT2D eigenvalue weighted by Gasteiger charge is 2.42. The topological polar surface area (TPSA) is 225 Å². The third-order valence-electron chi connectivity index (χ3n) is 13.5. The van der Waals surface area contributed by atoms with Crippen LogP contribution in [-0.2, 0) is 88.0 Å². The molecular weight excluding hydrogens is 1160 g/mol. The lowest BCUT2D eigenvalue weighted by atomic mass is 9.91. The summed E-state index contributed by atoms with van der Waals surface area (Å²) in [5.41, 5.74) is 0.509. The van der Waals surface area contributed by atoms with Gasteiger partial charge in [0.05, 0.1) is 33.3 Å². The number of nitrogens with one attached hydrogen (secondary N) is 4. The zero-order chi connectivity index (χ0) is 58.3. The molecule has 7 rings (SSSR count). The molecule has 5 aromatic carbocycles. The van der Waals surface area contributed by atoms with E-state index in [-0.39, 0.29) is 78.7 Å². The molecule has 0 aromatic heterocycles. The largest absolute Gasteiger partial charge is 0.416 e. The number of hydrogen-bond acceptors (Lipinski definition) is 10. The second-order valence-corrected chi connectivity index (χ2v) is 26.5. The molecule has 4 atom stereocenters. The quantitative estimate of drug-likeness (QED) is 0.0465. The third-order valence-corrected chi connectivity index (χ3v) is 19.9. The lowest BCUT2D eigenvalue weighted by Crippen LogP contribution is -2.46. The van der Waals surface area contributed by atoms with E-state index in [1.807, 2.05) is 0 Å². The first-order chi connectivity index (χ1) is 37.6. The van der Waals surface area contributed by atoms with Crippen molar-refractivity contribution < 1.29 is 69.6 Å². The van der Waals surface area contributed by atoms with Crippen LogP contribution in [0.2, 0.25) is 5.02 Å². The normalized spacial score (nSPS) is 18.3. The fraction of sp³-hybridized carbons (Fsp3) is 0.321. The number of amides is 2. The summed E-state index contributed by atoms with van der Waals surface area (Å²) in [6, 6.07) is 23.5. The van der Waals surface area contributed by atoms with E-state index in [9.17, 15) is 69.6 Å². The van der Waals surface area contributed by atoms with E-state index >= 15 is 0 Å². The Kier molecular flexibility index (Phi) is 19.6. The molecule has 0 bridgehead atoms. The predicted octanol–water partition coefficient (Wildman–Crippen LogP) is 7.75. The van der Waals surface area contributed by atoms with Crippen molar-refractivity contribution in [1.82, 2.24) is 28.7 Å². The molecule has 4 N–H and O–H groups in total. The van der Waals surface area contributed by atoms with Gasteiger partial charge in [0, 0.05) is 66.7 Å². The highest BCUT2D eigenvalue weighted by molar-refractivity contribution is 7.92. The maximum absolute atomic E-state index is 14.6. The molecule has 430 valence electrons. The van der Waals surface area contributed by atoms with E-state index in [4.69, 9.17) is 11.6 Å². The Balaban J connectivity index is 1.02. The Hall–Kier alpha value is -5.97. The van der Waals surface area contributed by atoms with Crippen LogP contribution in [0.4, 0.5) is 26.3 Å². The summed E-state index contributed by atoms with van der Waals surface area (Å²) in [5, 5.41) is 6.68. The van der Waals surface area contributed by atoms with E-state index in [0.717, 1.165) is 56.0 Å². The maximum Gasteiger partial charge on any atom is 0.416 e. The van der Waals surface area contributed by atoms with Crippen LogP contribution in [0, 0.1) is 0 Å². The molecule has 2 aliphatic heterocycles. The van der Waals surface area contributed by atoms with E-state index < -0.39 is 106 Å². The van der Waals surface area contributed by atoms with Gasteiger partial charge in [0.1, 0.15) is 0 Å². The molecule has 0 spiro atoms. The average molecular weight is 1210 g/mol. The highest BCUT2D eigenvalue weighted by Crippen LogP contribution is 2.35. The molecule has 27 heteroatoms. The zero-order valence-corrected chi connectivity index (χ0v) is 46.4. The number of nitrogens with zero attached hydrogens (tertiary/aromatic N) is 2. The van der Waals surface area contributed by atoms with Crippen LogP contribution in [0.1, 0.15) is 70.5 Å². The van der Waals surface area contributed by atoms with Gasteiger partial charge < -0.3 is 10.6 Å². The first-order valence-corrected chi connectivity index (χ1v) is 31.1. The van der Waals surface area contributed by atoms with Gasteiger partial charge >= 0.3 is 12.4 Å². The van der Waals surface area contributed by atoms with Crippen LogP contribution >= 0.6 is 11.6 Å². The molecule has 5 aromatic rings. The maximum atomic E-state index is 14.6. The standard InChI is InChI=1S/C53H55ClF6N6O10S4/c1-2-77(69,70)63-35-45-22-21-43(66(45)80(75,76)46-23-14-39(15-24-46)48(29-36-7-4-3-5-8-36)51(68)62-33-38-12-19-42(20-13-38)53(58,59)60)26-28-78(71,72)64-34-44-9-6-27-65(44)79(73,74)47-25-16-40(49(54)31-47)30-50(67)61-32-37-10-17-41(18-11-37)52(55,56)57/h2-5,7-8,10-20,23-26,28,31,43-45,48,63-64H,1,6,9,21-22,27,29-30,32-35H2,(H,61,67)(H,62,68)/b28-26+/t43?,44-,45-,48?/m1/s1. The molecular formula is C53H55ClF6N6O10S4. The molecule has 2 saturated heterocycles. The Bertz CT molecular complexity index is 3520. The number of alkyl halides is 6. The monoisotopic (exact) mass is 1210 g/mol. The van der Waals surface area contributed by atoms with Gasteiger partial charge in [-0.3, -0.25) is 9.59 Å². The van der Waals surface area contributed by atoms with Crippen molar-refractivity contribution >= 4 is 63.5 Å². The van der Waals surface area contributed by atoms with Crippen molar-refractivity contribution in [2.45, 2.75) is 97.8 Å². The van der Waals surface area contributed by atoms with Gasteiger partial charge in [-0.2, -0.15) is 35.0 Å². The van der Waals surface area contributed by atoms with E-state index in [2.05, 4.69) is 26.7 Å². The number of benzene rings is 5. The minimum absolute atomic E-state index is 0.0237. The van der Waals surface area contributed by atoms with E-state index in [0.29, 0.717) is 28.5 Å². The molecule has 0 radical (unpaired) electrons. The lowest BCUT2D eigenvalue weighted by Gasteiger charge is -2.28. The molecule has 2 fully saturated rings. The van der Waals surface area contributed by atoms with Crippen LogP contribution in [0.3, 0.4) is 0 Å². The summed E-state index contributed by atoms with van der Waals surface area (Å²) in [6.45, 7) is 2.30. The Morgan fingerprint density at radius 2 is 1.21 bits per heavy atom. The molecule has 2 heterocycles. The van der Waals surface area contributed by atoms with Crippen molar-refractivity contribution in [3.05, 3.63) is 189 Å². The van der Waals surface area contributed by atoms with Crippen molar-refractivity contribution in [2.24, 2.45) is 0 Å². The number of carbonyl (C=O) groups excluding carboxylic acids is 2.